The van der Waals surface area contributed by atoms with Gasteiger partial charge in [-0.05, 0) is 50.1 Å². The van der Waals surface area contributed by atoms with E-state index in [0.717, 1.165) is 25.3 Å². The molecule has 1 atom stereocenters. The maximum atomic E-state index is 9.15. The molecule has 1 saturated heterocycles. The van der Waals surface area contributed by atoms with Gasteiger partial charge >= 0.3 is 0 Å². The van der Waals surface area contributed by atoms with Gasteiger partial charge in [-0.2, -0.15) is 0 Å². The number of rotatable bonds is 4. The van der Waals surface area contributed by atoms with Crippen molar-refractivity contribution in [2.75, 3.05) is 13.2 Å². The number of hydrogen-bond acceptors (Lipinski definition) is 3. The molecular formula is C14H21NO2. The Morgan fingerprint density at radius 3 is 2.82 bits per heavy atom. The quantitative estimate of drug-likeness (QED) is 0.843. The lowest BCUT2D eigenvalue weighted by atomic mass is 10.1. The Morgan fingerprint density at radius 1 is 1.18 bits per heavy atom. The third-order valence-electron chi connectivity index (χ3n) is 3.23. The Morgan fingerprint density at radius 2 is 2.00 bits per heavy atom. The zero-order chi connectivity index (χ0) is 11.9. The van der Waals surface area contributed by atoms with Crippen molar-refractivity contribution in [3.63, 3.8) is 0 Å². The van der Waals surface area contributed by atoms with Crippen LogP contribution in [0.5, 0.6) is 11.5 Å². The molecule has 17 heavy (non-hydrogen) atoms. The average molecular weight is 235 g/mol. The highest BCUT2D eigenvalue weighted by molar-refractivity contribution is 5.29. The van der Waals surface area contributed by atoms with Crippen molar-refractivity contribution in [2.24, 2.45) is 0 Å². The van der Waals surface area contributed by atoms with E-state index in [1.54, 1.807) is 24.3 Å². The second-order valence-corrected chi connectivity index (χ2v) is 4.63. The molecule has 1 heterocycles. The van der Waals surface area contributed by atoms with Crippen LogP contribution in [0.15, 0.2) is 24.3 Å². The Kier molecular flexibility index (Phi) is 4.68. The van der Waals surface area contributed by atoms with E-state index in [0.29, 0.717) is 6.04 Å². The van der Waals surface area contributed by atoms with Crippen LogP contribution in [0, 0.1) is 0 Å². The Labute approximate surface area is 103 Å². The molecule has 0 amide bonds. The number of aromatic hydroxyl groups is 1. The summed E-state index contributed by atoms with van der Waals surface area (Å²) in [4.78, 5) is 0. The number of benzene rings is 1. The maximum Gasteiger partial charge on any atom is 0.119 e. The number of ether oxygens (including phenoxy) is 1. The van der Waals surface area contributed by atoms with Gasteiger partial charge in [-0.25, -0.2) is 0 Å². The van der Waals surface area contributed by atoms with E-state index in [1.165, 1.54) is 25.7 Å². The third-order valence-corrected chi connectivity index (χ3v) is 3.23. The standard InChI is InChI=1S/C14H21NO2/c16-13-5-7-14(8-6-13)17-11-9-12-4-2-1-3-10-15-12/h5-8,12,15-16H,1-4,9-11H2. The average Bonchev–Trinajstić information content (AvgIpc) is 2.60. The van der Waals surface area contributed by atoms with Gasteiger partial charge in [-0.3, -0.25) is 0 Å². The first-order valence-corrected chi connectivity index (χ1v) is 6.50. The van der Waals surface area contributed by atoms with Gasteiger partial charge in [0.1, 0.15) is 11.5 Å². The molecule has 3 nitrogen and oxygen atoms in total. The molecule has 1 aromatic rings. The number of nitrogens with one attached hydrogen (secondary N) is 1. The maximum absolute atomic E-state index is 9.15. The van der Waals surface area contributed by atoms with E-state index < -0.39 is 0 Å². The molecule has 3 heteroatoms. The first kappa shape index (κ1) is 12.2. The van der Waals surface area contributed by atoms with Gasteiger partial charge in [0.2, 0.25) is 0 Å². The van der Waals surface area contributed by atoms with Crippen LogP contribution in [0.2, 0.25) is 0 Å². The predicted molar refractivity (Wildman–Crippen MR) is 68.5 cm³/mol. The summed E-state index contributed by atoms with van der Waals surface area (Å²) < 4.78 is 5.65. The lowest BCUT2D eigenvalue weighted by molar-refractivity contribution is 0.283. The van der Waals surface area contributed by atoms with E-state index in [2.05, 4.69) is 5.32 Å². The van der Waals surface area contributed by atoms with Crippen LogP contribution in [-0.4, -0.2) is 24.3 Å². The molecule has 2 N–H and O–H groups in total. The lowest BCUT2D eigenvalue weighted by Crippen LogP contribution is -2.29. The molecule has 0 spiro atoms. The fourth-order valence-electron chi connectivity index (χ4n) is 2.21. The SMILES string of the molecule is Oc1ccc(OCCC2CCCCCN2)cc1. The Hall–Kier alpha value is -1.22. The van der Waals surface area contributed by atoms with Crippen LogP contribution in [0.3, 0.4) is 0 Å². The normalized spacial score (nSPS) is 20.8. The highest BCUT2D eigenvalue weighted by Gasteiger charge is 2.10. The van der Waals surface area contributed by atoms with Crippen molar-refractivity contribution in [3.05, 3.63) is 24.3 Å². The van der Waals surface area contributed by atoms with E-state index >= 15 is 0 Å². The smallest absolute Gasteiger partial charge is 0.119 e. The first-order chi connectivity index (χ1) is 8.34. The molecule has 0 aliphatic carbocycles. The van der Waals surface area contributed by atoms with Gasteiger partial charge < -0.3 is 15.2 Å². The minimum Gasteiger partial charge on any atom is -0.508 e. The summed E-state index contributed by atoms with van der Waals surface area (Å²) >= 11 is 0. The van der Waals surface area contributed by atoms with Crippen LogP contribution in [-0.2, 0) is 0 Å². The van der Waals surface area contributed by atoms with Gasteiger partial charge in [0.25, 0.3) is 0 Å². The number of hydrogen-bond donors (Lipinski definition) is 2. The first-order valence-electron chi connectivity index (χ1n) is 6.50. The molecular weight excluding hydrogens is 214 g/mol. The summed E-state index contributed by atoms with van der Waals surface area (Å²) in [7, 11) is 0. The molecule has 1 aliphatic heterocycles. The second kappa shape index (κ2) is 6.50. The molecule has 94 valence electrons. The summed E-state index contributed by atoms with van der Waals surface area (Å²) in [6.45, 7) is 1.88. The largest absolute Gasteiger partial charge is 0.508 e. The highest BCUT2D eigenvalue weighted by Crippen LogP contribution is 2.17. The molecule has 1 aliphatic rings. The van der Waals surface area contributed by atoms with Crippen molar-refractivity contribution >= 4 is 0 Å². The van der Waals surface area contributed by atoms with E-state index in [-0.39, 0.29) is 5.75 Å². The number of phenols is 1. The van der Waals surface area contributed by atoms with E-state index in [9.17, 15) is 0 Å². The minimum atomic E-state index is 0.280. The fourth-order valence-corrected chi connectivity index (χ4v) is 2.21. The molecule has 0 saturated carbocycles. The monoisotopic (exact) mass is 235 g/mol. The fraction of sp³-hybridized carbons (Fsp3) is 0.571. The van der Waals surface area contributed by atoms with E-state index in [1.807, 2.05) is 0 Å². The summed E-state index contributed by atoms with van der Waals surface area (Å²) in [5, 5.41) is 12.7. The van der Waals surface area contributed by atoms with Crippen molar-refractivity contribution in [2.45, 2.75) is 38.1 Å². The Bertz CT molecular complexity index is 315. The summed E-state index contributed by atoms with van der Waals surface area (Å²) in [6, 6.07) is 7.51. The van der Waals surface area contributed by atoms with Gasteiger partial charge in [0.15, 0.2) is 0 Å². The van der Waals surface area contributed by atoms with Crippen LogP contribution in [0.4, 0.5) is 0 Å². The van der Waals surface area contributed by atoms with Crippen LogP contribution in [0.1, 0.15) is 32.1 Å². The highest BCUT2D eigenvalue weighted by atomic mass is 16.5. The molecule has 2 rings (SSSR count). The molecule has 1 unspecified atom stereocenters. The van der Waals surface area contributed by atoms with Crippen molar-refractivity contribution < 1.29 is 9.84 Å². The van der Waals surface area contributed by atoms with Gasteiger partial charge in [-0.15, -0.1) is 0 Å². The van der Waals surface area contributed by atoms with Crippen molar-refractivity contribution in [1.29, 1.82) is 0 Å². The zero-order valence-corrected chi connectivity index (χ0v) is 10.2. The number of phenolic OH excluding ortho intramolecular Hbond substituents is 1. The molecule has 0 radical (unpaired) electrons. The topological polar surface area (TPSA) is 41.5 Å². The van der Waals surface area contributed by atoms with Crippen molar-refractivity contribution in [3.8, 4) is 11.5 Å². The molecule has 0 aromatic heterocycles. The Balaban J connectivity index is 1.69. The van der Waals surface area contributed by atoms with E-state index in [4.69, 9.17) is 9.84 Å². The van der Waals surface area contributed by atoms with Gasteiger partial charge in [0, 0.05) is 6.04 Å². The molecule has 1 aromatic carbocycles. The minimum absolute atomic E-state index is 0.280. The van der Waals surface area contributed by atoms with Gasteiger partial charge in [-0.1, -0.05) is 12.8 Å². The molecule has 0 bridgehead atoms. The van der Waals surface area contributed by atoms with Crippen LogP contribution < -0.4 is 10.1 Å². The summed E-state index contributed by atoms with van der Waals surface area (Å²) in [5.41, 5.74) is 0. The third kappa shape index (κ3) is 4.27. The molecule has 1 fully saturated rings. The zero-order valence-electron chi connectivity index (χ0n) is 10.2. The van der Waals surface area contributed by atoms with Crippen molar-refractivity contribution in [1.82, 2.24) is 5.32 Å². The lowest BCUT2D eigenvalue weighted by Gasteiger charge is -2.15. The second-order valence-electron chi connectivity index (χ2n) is 4.63. The predicted octanol–water partition coefficient (Wildman–Crippen LogP) is 2.69. The van der Waals surface area contributed by atoms with Crippen LogP contribution in [0.25, 0.3) is 0 Å². The van der Waals surface area contributed by atoms with Crippen LogP contribution >= 0.6 is 0 Å². The summed E-state index contributed by atoms with van der Waals surface area (Å²) in [5.74, 6) is 1.11. The summed E-state index contributed by atoms with van der Waals surface area (Å²) in [6.07, 6.45) is 6.30. The van der Waals surface area contributed by atoms with Gasteiger partial charge in [0.05, 0.1) is 6.61 Å².